The molecule has 0 amide bonds. The van der Waals surface area contributed by atoms with Gasteiger partial charge in [0.2, 0.25) is 10.0 Å². The van der Waals surface area contributed by atoms with E-state index in [9.17, 15) is 8.42 Å². The van der Waals surface area contributed by atoms with Crippen LogP contribution in [0.15, 0.2) is 29.0 Å². The van der Waals surface area contributed by atoms with Gasteiger partial charge in [-0.15, -0.1) is 11.3 Å². The van der Waals surface area contributed by atoms with Gasteiger partial charge in [-0.3, -0.25) is 9.67 Å². The minimum Gasteiger partial charge on any atom is -0.317 e. The fraction of sp³-hybridized carbons (Fsp3) is 0.500. The number of thiazole rings is 1. The molecule has 21 heavy (non-hydrogen) atoms. The van der Waals surface area contributed by atoms with Crippen LogP contribution >= 0.6 is 11.3 Å². The molecule has 2 aromatic heterocycles. The summed E-state index contributed by atoms with van der Waals surface area (Å²) < 4.78 is 28.4. The summed E-state index contributed by atoms with van der Waals surface area (Å²) in [4.78, 5) is 4.97. The lowest BCUT2D eigenvalue weighted by molar-refractivity contribution is 0.549. The van der Waals surface area contributed by atoms with Crippen LogP contribution in [0.5, 0.6) is 0 Å². The highest BCUT2D eigenvalue weighted by atomic mass is 32.2. The van der Waals surface area contributed by atoms with Gasteiger partial charge in [-0.1, -0.05) is 6.92 Å². The number of nitrogens with zero attached hydrogens (tertiary/aromatic N) is 3. The summed E-state index contributed by atoms with van der Waals surface area (Å²) in [6.45, 7) is 4.81. The molecular weight excluding hydrogens is 310 g/mol. The van der Waals surface area contributed by atoms with Gasteiger partial charge in [-0.05, 0) is 19.5 Å². The molecule has 7 nitrogen and oxygen atoms in total. The minimum absolute atomic E-state index is 0.190. The van der Waals surface area contributed by atoms with Crippen molar-refractivity contribution < 1.29 is 8.42 Å². The maximum Gasteiger partial charge on any atom is 0.244 e. The zero-order chi connectivity index (χ0) is 15.1. The van der Waals surface area contributed by atoms with Crippen LogP contribution < -0.4 is 10.0 Å². The van der Waals surface area contributed by atoms with E-state index in [1.54, 1.807) is 22.6 Å². The van der Waals surface area contributed by atoms with E-state index in [1.165, 1.54) is 17.5 Å². The predicted octanol–water partition coefficient (Wildman–Crippen LogP) is 0.818. The first kappa shape index (κ1) is 16.1. The van der Waals surface area contributed by atoms with Crippen LogP contribution in [0.2, 0.25) is 0 Å². The fourth-order valence-electron chi connectivity index (χ4n) is 1.73. The molecule has 0 bridgehead atoms. The Morgan fingerprint density at radius 2 is 2.24 bits per heavy atom. The SMILES string of the molecule is CCNCCCn1cc(S(=O)(=O)NCc2cncs2)cn1. The van der Waals surface area contributed by atoms with Crippen molar-refractivity contribution in [1.82, 2.24) is 24.8 Å². The third-order valence-electron chi connectivity index (χ3n) is 2.83. The van der Waals surface area contributed by atoms with Crippen molar-refractivity contribution in [3.05, 3.63) is 29.0 Å². The van der Waals surface area contributed by atoms with Crippen molar-refractivity contribution >= 4 is 21.4 Å². The highest BCUT2D eigenvalue weighted by Crippen LogP contribution is 2.10. The van der Waals surface area contributed by atoms with Gasteiger partial charge in [-0.2, -0.15) is 5.10 Å². The van der Waals surface area contributed by atoms with Crippen molar-refractivity contribution in [2.45, 2.75) is 31.3 Å². The summed E-state index contributed by atoms with van der Waals surface area (Å²) >= 11 is 1.41. The number of aryl methyl sites for hydroxylation is 1. The van der Waals surface area contributed by atoms with E-state index < -0.39 is 10.0 Å². The van der Waals surface area contributed by atoms with Gasteiger partial charge in [0, 0.05) is 30.4 Å². The van der Waals surface area contributed by atoms with Crippen LogP contribution in [0.4, 0.5) is 0 Å². The Bertz CT molecular complexity index is 636. The second kappa shape index (κ2) is 7.64. The normalized spacial score (nSPS) is 11.9. The molecule has 0 spiro atoms. The second-order valence-electron chi connectivity index (χ2n) is 4.44. The lowest BCUT2D eigenvalue weighted by Gasteiger charge is -2.03. The predicted molar refractivity (Wildman–Crippen MR) is 81.5 cm³/mol. The Morgan fingerprint density at radius 1 is 1.38 bits per heavy atom. The summed E-state index contributed by atoms with van der Waals surface area (Å²) in [5.41, 5.74) is 1.67. The van der Waals surface area contributed by atoms with Gasteiger partial charge in [0.25, 0.3) is 0 Å². The number of hydrogen-bond donors (Lipinski definition) is 2. The third kappa shape index (κ3) is 4.88. The zero-order valence-corrected chi connectivity index (χ0v) is 13.5. The van der Waals surface area contributed by atoms with Crippen molar-refractivity contribution in [3.8, 4) is 0 Å². The van der Waals surface area contributed by atoms with E-state index in [0.29, 0.717) is 6.54 Å². The first-order valence-electron chi connectivity index (χ1n) is 6.72. The largest absolute Gasteiger partial charge is 0.317 e. The first-order valence-corrected chi connectivity index (χ1v) is 9.08. The Hall–Kier alpha value is -1.29. The Kier molecular flexibility index (Phi) is 5.85. The lowest BCUT2D eigenvalue weighted by Crippen LogP contribution is -2.22. The molecule has 2 aromatic rings. The molecule has 2 rings (SSSR count). The van der Waals surface area contributed by atoms with Gasteiger partial charge in [-0.25, -0.2) is 13.1 Å². The van der Waals surface area contributed by atoms with Crippen molar-refractivity contribution in [3.63, 3.8) is 0 Å². The van der Waals surface area contributed by atoms with Crippen molar-refractivity contribution in [1.29, 1.82) is 0 Å². The minimum atomic E-state index is -3.52. The van der Waals surface area contributed by atoms with E-state index in [4.69, 9.17) is 0 Å². The number of hydrogen-bond acceptors (Lipinski definition) is 6. The number of nitrogens with one attached hydrogen (secondary N) is 2. The molecule has 2 N–H and O–H groups in total. The molecular formula is C12H19N5O2S2. The van der Waals surface area contributed by atoms with E-state index in [-0.39, 0.29) is 11.4 Å². The van der Waals surface area contributed by atoms with Gasteiger partial charge in [0.05, 0.1) is 11.7 Å². The molecule has 0 aliphatic heterocycles. The number of aromatic nitrogens is 3. The molecule has 9 heteroatoms. The lowest BCUT2D eigenvalue weighted by atomic mass is 10.4. The molecule has 0 aliphatic carbocycles. The van der Waals surface area contributed by atoms with Crippen LogP contribution in [-0.2, 0) is 23.1 Å². The van der Waals surface area contributed by atoms with Crippen LogP contribution in [0.25, 0.3) is 0 Å². The molecule has 0 saturated heterocycles. The van der Waals surface area contributed by atoms with Crippen LogP contribution in [0, 0.1) is 0 Å². The van der Waals surface area contributed by atoms with E-state index in [0.717, 1.165) is 24.4 Å². The topological polar surface area (TPSA) is 88.9 Å². The van der Waals surface area contributed by atoms with Crippen LogP contribution in [-0.4, -0.2) is 36.3 Å². The van der Waals surface area contributed by atoms with Crippen LogP contribution in [0.1, 0.15) is 18.2 Å². The van der Waals surface area contributed by atoms with E-state index in [2.05, 4.69) is 20.1 Å². The molecule has 0 saturated carbocycles. The Labute approximate surface area is 128 Å². The molecule has 116 valence electrons. The summed E-state index contributed by atoms with van der Waals surface area (Å²) in [5.74, 6) is 0. The van der Waals surface area contributed by atoms with E-state index >= 15 is 0 Å². The maximum absolute atomic E-state index is 12.1. The Morgan fingerprint density at radius 3 is 2.95 bits per heavy atom. The second-order valence-corrected chi connectivity index (χ2v) is 7.18. The average molecular weight is 329 g/mol. The van der Waals surface area contributed by atoms with Crippen molar-refractivity contribution in [2.75, 3.05) is 13.1 Å². The third-order valence-corrected chi connectivity index (χ3v) is 4.97. The average Bonchev–Trinajstić information content (AvgIpc) is 3.13. The summed E-state index contributed by atoms with van der Waals surface area (Å²) in [6, 6.07) is 0. The molecule has 0 aromatic carbocycles. The first-order chi connectivity index (χ1) is 10.1. The molecule has 0 radical (unpaired) electrons. The van der Waals surface area contributed by atoms with Gasteiger partial charge in [0.1, 0.15) is 4.90 Å². The van der Waals surface area contributed by atoms with Gasteiger partial charge < -0.3 is 5.32 Å². The smallest absolute Gasteiger partial charge is 0.244 e. The molecule has 0 fully saturated rings. The molecule has 0 aliphatic rings. The van der Waals surface area contributed by atoms with Gasteiger partial charge in [0.15, 0.2) is 0 Å². The number of sulfonamides is 1. The zero-order valence-electron chi connectivity index (χ0n) is 11.8. The maximum atomic E-state index is 12.1. The summed E-state index contributed by atoms with van der Waals surface area (Å²) in [7, 11) is -3.52. The summed E-state index contributed by atoms with van der Waals surface area (Å²) in [6.07, 6.45) is 5.49. The highest BCUT2D eigenvalue weighted by molar-refractivity contribution is 7.89. The fourth-order valence-corrected chi connectivity index (χ4v) is 3.31. The van der Waals surface area contributed by atoms with E-state index in [1.807, 2.05) is 6.92 Å². The quantitative estimate of drug-likeness (QED) is 0.665. The van der Waals surface area contributed by atoms with Crippen molar-refractivity contribution in [2.24, 2.45) is 0 Å². The number of rotatable bonds is 9. The summed E-state index contributed by atoms with van der Waals surface area (Å²) in [5, 5.41) is 7.30. The van der Waals surface area contributed by atoms with Crippen LogP contribution in [0.3, 0.4) is 0 Å². The monoisotopic (exact) mass is 329 g/mol. The Balaban J connectivity index is 1.89. The molecule has 0 atom stereocenters. The highest BCUT2D eigenvalue weighted by Gasteiger charge is 2.16. The van der Waals surface area contributed by atoms with Gasteiger partial charge >= 0.3 is 0 Å². The molecule has 0 unspecified atom stereocenters. The molecule has 2 heterocycles. The standard InChI is InChI=1S/C12H19N5O2S2/c1-2-13-4-3-5-17-9-12(8-15-17)21(18,19)16-7-11-6-14-10-20-11/h6,8-10,13,16H,2-5,7H2,1H3.